The molecule has 0 fully saturated rings. The molecule has 0 atom stereocenters. The van der Waals surface area contributed by atoms with Crippen LogP contribution in [0.1, 0.15) is 21.7 Å². The molecule has 0 N–H and O–H groups in total. The first-order valence-electron chi connectivity index (χ1n) is 11.2. The van der Waals surface area contributed by atoms with Crippen LogP contribution in [-0.4, -0.2) is 34.9 Å². The van der Waals surface area contributed by atoms with Crippen LogP contribution in [0.4, 0.5) is 0 Å². The minimum atomic E-state index is -0.526. The number of aryl methyl sites for hydroxylation is 2. The highest BCUT2D eigenvalue weighted by Crippen LogP contribution is 2.28. The smallest absolute Gasteiger partial charge is 0.342 e. The van der Waals surface area contributed by atoms with Crippen molar-refractivity contribution in [2.75, 3.05) is 0 Å². The van der Waals surface area contributed by atoms with Crippen molar-refractivity contribution < 1.29 is 9.53 Å². The van der Waals surface area contributed by atoms with Gasteiger partial charge in [-0.1, -0.05) is 35.9 Å². The predicted octanol–water partition coefficient (Wildman–Crippen LogP) is 4.16. The molecule has 6 rings (SSSR count). The fourth-order valence-corrected chi connectivity index (χ4v) is 4.91. The average Bonchev–Trinajstić information content (AvgIpc) is 3.66. The van der Waals surface area contributed by atoms with Crippen LogP contribution >= 0.6 is 11.3 Å². The molecule has 4 aromatic heterocycles. The van der Waals surface area contributed by atoms with E-state index in [2.05, 4.69) is 15.3 Å². The molecule has 0 spiro atoms. The number of thiophene rings is 1. The predicted molar refractivity (Wildman–Crippen MR) is 136 cm³/mol. The van der Waals surface area contributed by atoms with Crippen molar-refractivity contribution in [3.63, 3.8) is 0 Å². The monoisotopic (exact) mass is 496 g/mol. The van der Waals surface area contributed by atoms with Gasteiger partial charge < -0.3 is 4.74 Å². The molecule has 0 aliphatic carbocycles. The van der Waals surface area contributed by atoms with Gasteiger partial charge in [0.05, 0.1) is 21.5 Å². The summed E-state index contributed by atoms with van der Waals surface area (Å²) >= 11 is 1.50. The van der Waals surface area contributed by atoms with Crippen molar-refractivity contribution in [1.82, 2.24) is 28.9 Å². The van der Waals surface area contributed by atoms with Crippen LogP contribution < -0.4 is 5.56 Å². The van der Waals surface area contributed by atoms with Gasteiger partial charge in [-0.05, 0) is 42.6 Å². The maximum absolute atomic E-state index is 13.3. The number of benzene rings is 2. The molecule has 6 aromatic rings. The van der Waals surface area contributed by atoms with E-state index in [0.717, 1.165) is 16.1 Å². The Bertz CT molecular complexity index is 1800. The van der Waals surface area contributed by atoms with E-state index in [9.17, 15) is 9.59 Å². The molecule has 178 valence electrons. The zero-order valence-electron chi connectivity index (χ0n) is 19.5. The minimum Gasteiger partial charge on any atom is -0.454 e. The molecule has 0 saturated carbocycles. The van der Waals surface area contributed by atoms with E-state index in [1.807, 2.05) is 73.0 Å². The number of aromatic nitrogens is 6. The lowest BCUT2D eigenvalue weighted by molar-refractivity contribution is 0.0462. The molecule has 4 heterocycles. The number of hydrogen-bond acceptors (Lipinski definition) is 7. The molecule has 0 amide bonds. The van der Waals surface area contributed by atoms with Gasteiger partial charge in [-0.15, -0.1) is 21.5 Å². The molecule has 0 unspecified atom stereocenters. The summed E-state index contributed by atoms with van der Waals surface area (Å²) in [7, 11) is 1.65. The number of fused-ring (bicyclic) bond motifs is 3. The van der Waals surface area contributed by atoms with Gasteiger partial charge >= 0.3 is 5.97 Å². The van der Waals surface area contributed by atoms with Gasteiger partial charge in [-0.3, -0.25) is 13.8 Å². The van der Waals surface area contributed by atoms with Gasteiger partial charge in [0.25, 0.3) is 5.56 Å². The molecule has 0 aliphatic heterocycles. The summed E-state index contributed by atoms with van der Waals surface area (Å²) in [5, 5.41) is 15.5. The maximum atomic E-state index is 13.3. The highest BCUT2D eigenvalue weighted by molar-refractivity contribution is 7.13. The molecule has 0 bridgehead atoms. The van der Waals surface area contributed by atoms with Crippen LogP contribution in [0.25, 0.3) is 32.9 Å². The van der Waals surface area contributed by atoms with Crippen LogP contribution in [0.3, 0.4) is 0 Å². The van der Waals surface area contributed by atoms with E-state index in [1.165, 1.54) is 15.9 Å². The Balaban J connectivity index is 1.38. The molecular weight excluding hydrogens is 476 g/mol. The van der Waals surface area contributed by atoms with Crippen molar-refractivity contribution in [2.24, 2.45) is 7.05 Å². The molecule has 36 heavy (non-hydrogen) atoms. The number of rotatable bonds is 5. The van der Waals surface area contributed by atoms with Crippen molar-refractivity contribution in [3.05, 3.63) is 99.5 Å². The van der Waals surface area contributed by atoms with Gasteiger partial charge in [-0.25, -0.2) is 9.48 Å². The van der Waals surface area contributed by atoms with Gasteiger partial charge in [0, 0.05) is 13.2 Å². The number of ether oxygens (including phenoxy) is 1. The lowest BCUT2D eigenvalue weighted by Gasteiger charge is -2.09. The topological polar surface area (TPSA) is 96.3 Å². The fourth-order valence-electron chi connectivity index (χ4n) is 4.19. The van der Waals surface area contributed by atoms with Crippen molar-refractivity contribution in [2.45, 2.75) is 13.5 Å². The normalized spacial score (nSPS) is 11.4. The molecular formula is C26H20N6O3S. The van der Waals surface area contributed by atoms with Crippen LogP contribution in [0.5, 0.6) is 0 Å². The Hall–Kier alpha value is -4.57. The molecule has 0 aliphatic rings. The molecule has 0 radical (unpaired) electrons. The Morgan fingerprint density at radius 2 is 1.89 bits per heavy atom. The quantitative estimate of drug-likeness (QED) is 0.333. The van der Waals surface area contributed by atoms with Crippen LogP contribution in [-0.2, 0) is 18.4 Å². The van der Waals surface area contributed by atoms with Crippen molar-refractivity contribution in [1.29, 1.82) is 0 Å². The Kier molecular flexibility index (Phi) is 5.23. The Labute approximate surface area is 208 Å². The number of carbonyl (C=O) groups excluding carboxylic acids is 1. The maximum Gasteiger partial charge on any atom is 0.342 e. The summed E-state index contributed by atoms with van der Waals surface area (Å²) in [6.07, 6.45) is 1.68. The number of hydrogen-bond donors (Lipinski definition) is 0. The first-order chi connectivity index (χ1) is 17.5. The highest BCUT2D eigenvalue weighted by atomic mass is 32.1. The second-order valence-electron chi connectivity index (χ2n) is 8.36. The van der Waals surface area contributed by atoms with Crippen LogP contribution in [0.15, 0.2) is 77.0 Å². The van der Waals surface area contributed by atoms with Crippen molar-refractivity contribution >= 4 is 34.0 Å². The summed E-state index contributed by atoms with van der Waals surface area (Å²) in [6.45, 7) is 1.81. The van der Waals surface area contributed by atoms with E-state index in [-0.39, 0.29) is 12.2 Å². The van der Waals surface area contributed by atoms with Gasteiger partial charge in [0.2, 0.25) is 5.78 Å². The highest BCUT2D eigenvalue weighted by Gasteiger charge is 2.22. The third kappa shape index (κ3) is 3.59. The Morgan fingerprint density at radius 3 is 2.67 bits per heavy atom. The van der Waals surface area contributed by atoms with E-state index < -0.39 is 5.97 Å². The summed E-state index contributed by atoms with van der Waals surface area (Å²) in [6, 6.07) is 19.0. The lowest BCUT2D eigenvalue weighted by Crippen LogP contribution is -2.20. The molecule has 2 aromatic carbocycles. The third-order valence-corrected chi connectivity index (χ3v) is 6.86. The van der Waals surface area contributed by atoms with Gasteiger partial charge in [0.1, 0.15) is 11.3 Å². The lowest BCUT2D eigenvalue weighted by atomic mass is 10.1. The minimum absolute atomic E-state index is 0.123. The first kappa shape index (κ1) is 21.9. The summed E-state index contributed by atoms with van der Waals surface area (Å²) < 4.78 is 10.6. The summed E-state index contributed by atoms with van der Waals surface area (Å²) in [5.41, 5.74) is 3.20. The zero-order valence-corrected chi connectivity index (χ0v) is 20.3. The van der Waals surface area contributed by atoms with E-state index in [4.69, 9.17) is 4.74 Å². The number of esters is 1. The van der Waals surface area contributed by atoms with E-state index in [0.29, 0.717) is 33.8 Å². The second-order valence-corrected chi connectivity index (χ2v) is 9.31. The fraction of sp³-hybridized carbons (Fsp3) is 0.115. The third-order valence-electron chi connectivity index (χ3n) is 5.98. The number of para-hydroxylation sites is 1. The van der Waals surface area contributed by atoms with Crippen LogP contribution in [0, 0.1) is 6.92 Å². The van der Waals surface area contributed by atoms with Crippen LogP contribution in [0.2, 0.25) is 0 Å². The molecule has 10 heteroatoms. The molecule has 0 saturated heterocycles. The first-order valence-corrected chi connectivity index (χ1v) is 12.1. The number of nitrogens with zero attached hydrogens (tertiary/aromatic N) is 6. The largest absolute Gasteiger partial charge is 0.454 e. The summed E-state index contributed by atoms with van der Waals surface area (Å²) in [4.78, 5) is 27.0. The van der Waals surface area contributed by atoms with Gasteiger partial charge in [-0.2, -0.15) is 5.10 Å². The molecule has 9 nitrogen and oxygen atoms in total. The average molecular weight is 497 g/mol. The van der Waals surface area contributed by atoms with Gasteiger partial charge in [0.15, 0.2) is 12.4 Å². The van der Waals surface area contributed by atoms with E-state index in [1.54, 1.807) is 22.3 Å². The Morgan fingerprint density at radius 1 is 1.06 bits per heavy atom. The zero-order chi connectivity index (χ0) is 24.8. The summed E-state index contributed by atoms with van der Waals surface area (Å²) in [5.74, 6) is 0.261. The number of carbonyl (C=O) groups is 1. The van der Waals surface area contributed by atoms with E-state index >= 15 is 0 Å². The second kappa shape index (κ2) is 8.58. The standard InChI is InChI=1S/C26H20N6O3S/c1-16-10-11-20-18(13-16)24(33)30(2)26-28-27-22(32(20)26)15-35-25(34)19-14-31(17-7-4-3-5-8-17)29-23(19)21-9-6-12-36-21/h3-14H,15H2,1-2H3. The SMILES string of the molecule is Cc1ccc2c(c1)c(=O)n(C)c1nnc(COC(=O)c3cn(-c4ccccc4)nc3-c3cccs3)n21. The van der Waals surface area contributed by atoms with Crippen molar-refractivity contribution in [3.8, 4) is 16.3 Å².